The van der Waals surface area contributed by atoms with Gasteiger partial charge in [0.25, 0.3) is 5.91 Å². The van der Waals surface area contributed by atoms with Crippen LogP contribution in [-0.4, -0.2) is 19.6 Å². The first kappa shape index (κ1) is 12.6. The summed E-state index contributed by atoms with van der Waals surface area (Å²) in [6, 6.07) is 9.67. The fourth-order valence-electron chi connectivity index (χ4n) is 1.72. The van der Waals surface area contributed by atoms with E-state index in [4.69, 9.17) is 4.74 Å². The molecule has 1 N–H and O–H groups in total. The molecule has 94 valence electrons. The highest BCUT2D eigenvalue weighted by molar-refractivity contribution is 7.08. The fourth-order valence-corrected chi connectivity index (χ4v) is 2.35. The van der Waals surface area contributed by atoms with Crippen LogP contribution in [0.15, 0.2) is 41.1 Å². The summed E-state index contributed by atoms with van der Waals surface area (Å²) in [5.74, 6) is 0.841. The highest BCUT2D eigenvalue weighted by Gasteiger charge is 2.06. The van der Waals surface area contributed by atoms with Crippen molar-refractivity contribution in [3.05, 3.63) is 52.2 Å². The molecular weight excluding hydrogens is 246 g/mol. The normalized spacial score (nSPS) is 10.1. The van der Waals surface area contributed by atoms with E-state index in [0.717, 1.165) is 23.3 Å². The number of thiophene rings is 1. The van der Waals surface area contributed by atoms with Crippen LogP contribution >= 0.6 is 11.3 Å². The van der Waals surface area contributed by atoms with Crippen LogP contribution in [-0.2, 0) is 6.42 Å². The summed E-state index contributed by atoms with van der Waals surface area (Å²) in [7, 11) is 1.66. The van der Waals surface area contributed by atoms with Crippen molar-refractivity contribution in [1.82, 2.24) is 5.32 Å². The van der Waals surface area contributed by atoms with Crippen LogP contribution in [0.25, 0.3) is 0 Å². The van der Waals surface area contributed by atoms with Gasteiger partial charge in [0, 0.05) is 17.5 Å². The minimum absolute atomic E-state index is 0.0221. The Hall–Kier alpha value is -1.81. The molecule has 3 nitrogen and oxygen atoms in total. The van der Waals surface area contributed by atoms with E-state index in [9.17, 15) is 4.79 Å². The molecule has 18 heavy (non-hydrogen) atoms. The van der Waals surface area contributed by atoms with Gasteiger partial charge in [-0.1, -0.05) is 18.2 Å². The van der Waals surface area contributed by atoms with E-state index in [-0.39, 0.29) is 5.91 Å². The Labute approximate surface area is 110 Å². The molecule has 0 fully saturated rings. The lowest BCUT2D eigenvalue weighted by molar-refractivity contribution is 0.0954. The lowest BCUT2D eigenvalue weighted by Crippen LogP contribution is -2.25. The van der Waals surface area contributed by atoms with E-state index in [2.05, 4.69) is 5.32 Å². The molecule has 2 aromatic rings. The Morgan fingerprint density at radius 1 is 1.33 bits per heavy atom. The molecular formula is C14H15NO2S. The zero-order chi connectivity index (χ0) is 12.8. The third-order valence-corrected chi connectivity index (χ3v) is 3.34. The monoisotopic (exact) mass is 261 g/mol. The molecule has 1 aromatic heterocycles. The van der Waals surface area contributed by atoms with Gasteiger partial charge in [0.15, 0.2) is 0 Å². The molecule has 0 aliphatic rings. The van der Waals surface area contributed by atoms with Crippen molar-refractivity contribution in [2.45, 2.75) is 6.42 Å². The van der Waals surface area contributed by atoms with Gasteiger partial charge in [-0.2, -0.15) is 11.3 Å². The minimum Gasteiger partial charge on any atom is -0.496 e. The first-order valence-electron chi connectivity index (χ1n) is 5.73. The van der Waals surface area contributed by atoms with Crippen molar-refractivity contribution in [1.29, 1.82) is 0 Å². The zero-order valence-electron chi connectivity index (χ0n) is 10.2. The average molecular weight is 261 g/mol. The maximum absolute atomic E-state index is 11.7. The third kappa shape index (κ3) is 3.11. The number of methoxy groups -OCH3 is 1. The number of nitrogens with one attached hydrogen (secondary N) is 1. The Bertz CT molecular complexity index is 508. The van der Waals surface area contributed by atoms with Crippen LogP contribution in [0.1, 0.15) is 15.9 Å². The number of carbonyl (C=O) groups excluding carboxylic acids is 1. The second-order valence-corrected chi connectivity index (χ2v) is 4.61. The molecule has 2 rings (SSSR count). The van der Waals surface area contributed by atoms with Gasteiger partial charge < -0.3 is 10.1 Å². The molecule has 0 radical (unpaired) electrons. The second-order valence-electron chi connectivity index (χ2n) is 3.83. The van der Waals surface area contributed by atoms with Gasteiger partial charge in [0.1, 0.15) is 5.75 Å². The van der Waals surface area contributed by atoms with E-state index in [1.54, 1.807) is 7.11 Å². The Balaban J connectivity index is 1.87. The molecule has 0 aliphatic heterocycles. The van der Waals surface area contributed by atoms with Gasteiger partial charge in [0.05, 0.1) is 7.11 Å². The highest BCUT2D eigenvalue weighted by atomic mass is 32.1. The lowest BCUT2D eigenvalue weighted by atomic mass is 10.1. The van der Waals surface area contributed by atoms with Crippen LogP contribution in [0, 0.1) is 0 Å². The third-order valence-electron chi connectivity index (χ3n) is 2.66. The van der Waals surface area contributed by atoms with Crippen LogP contribution in [0.5, 0.6) is 5.75 Å². The quantitative estimate of drug-likeness (QED) is 0.898. The SMILES string of the molecule is COc1ccccc1CCNC(=O)c1ccsc1. The van der Waals surface area contributed by atoms with E-state index in [1.165, 1.54) is 11.3 Å². The molecule has 0 spiro atoms. The smallest absolute Gasteiger partial charge is 0.252 e. The number of benzene rings is 1. The first-order chi connectivity index (χ1) is 8.81. The first-order valence-corrected chi connectivity index (χ1v) is 6.68. The maximum atomic E-state index is 11.7. The van der Waals surface area contributed by atoms with Crippen molar-refractivity contribution < 1.29 is 9.53 Å². The molecule has 0 atom stereocenters. The summed E-state index contributed by atoms with van der Waals surface area (Å²) >= 11 is 1.52. The molecule has 1 amide bonds. The van der Waals surface area contributed by atoms with Crippen molar-refractivity contribution in [3.63, 3.8) is 0 Å². The van der Waals surface area contributed by atoms with Gasteiger partial charge in [-0.05, 0) is 29.5 Å². The van der Waals surface area contributed by atoms with Crippen molar-refractivity contribution in [3.8, 4) is 5.75 Å². The predicted octanol–water partition coefficient (Wildman–Crippen LogP) is 2.73. The summed E-state index contributed by atoms with van der Waals surface area (Å²) < 4.78 is 5.26. The summed E-state index contributed by atoms with van der Waals surface area (Å²) in [6.07, 6.45) is 0.764. The number of hydrogen-bond acceptors (Lipinski definition) is 3. The largest absolute Gasteiger partial charge is 0.496 e. The highest BCUT2D eigenvalue weighted by Crippen LogP contribution is 2.17. The summed E-state index contributed by atoms with van der Waals surface area (Å²) in [5.41, 5.74) is 1.82. The van der Waals surface area contributed by atoms with Crippen molar-refractivity contribution in [2.24, 2.45) is 0 Å². The van der Waals surface area contributed by atoms with Crippen molar-refractivity contribution >= 4 is 17.2 Å². The number of hydrogen-bond donors (Lipinski definition) is 1. The van der Waals surface area contributed by atoms with Crippen LogP contribution in [0.3, 0.4) is 0 Å². The molecule has 0 saturated carbocycles. The molecule has 4 heteroatoms. The Morgan fingerprint density at radius 3 is 2.89 bits per heavy atom. The van der Waals surface area contributed by atoms with E-state index < -0.39 is 0 Å². The predicted molar refractivity (Wildman–Crippen MR) is 73.4 cm³/mol. The van der Waals surface area contributed by atoms with Gasteiger partial charge in [0.2, 0.25) is 0 Å². The molecule has 1 heterocycles. The van der Waals surface area contributed by atoms with E-state index in [1.807, 2.05) is 41.1 Å². The second kappa shape index (κ2) is 6.21. The number of ether oxygens (including phenoxy) is 1. The topological polar surface area (TPSA) is 38.3 Å². The Kier molecular flexibility index (Phi) is 4.36. The van der Waals surface area contributed by atoms with Crippen LogP contribution in [0.4, 0.5) is 0 Å². The fraction of sp³-hybridized carbons (Fsp3) is 0.214. The zero-order valence-corrected chi connectivity index (χ0v) is 11.0. The summed E-state index contributed by atoms with van der Waals surface area (Å²) in [4.78, 5) is 11.7. The van der Waals surface area contributed by atoms with Crippen LogP contribution < -0.4 is 10.1 Å². The molecule has 0 bridgehead atoms. The number of amides is 1. The number of para-hydroxylation sites is 1. The van der Waals surface area contributed by atoms with Crippen LogP contribution in [0.2, 0.25) is 0 Å². The van der Waals surface area contributed by atoms with E-state index in [0.29, 0.717) is 6.54 Å². The molecule has 0 saturated heterocycles. The number of rotatable bonds is 5. The maximum Gasteiger partial charge on any atom is 0.252 e. The minimum atomic E-state index is -0.0221. The molecule has 0 unspecified atom stereocenters. The van der Waals surface area contributed by atoms with E-state index >= 15 is 0 Å². The van der Waals surface area contributed by atoms with Gasteiger partial charge in [-0.15, -0.1) is 0 Å². The molecule has 1 aromatic carbocycles. The van der Waals surface area contributed by atoms with Gasteiger partial charge >= 0.3 is 0 Å². The lowest BCUT2D eigenvalue weighted by Gasteiger charge is -2.08. The summed E-state index contributed by atoms with van der Waals surface area (Å²) in [6.45, 7) is 0.606. The standard InChI is InChI=1S/C14H15NO2S/c1-17-13-5-3-2-4-11(13)6-8-15-14(16)12-7-9-18-10-12/h2-5,7,9-10H,6,8H2,1H3,(H,15,16). The van der Waals surface area contributed by atoms with Gasteiger partial charge in [-0.3, -0.25) is 4.79 Å². The number of carbonyl (C=O) groups is 1. The van der Waals surface area contributed by atoms with Gasteiger partial charge in [-0.25, -0.2) is 0 Å². The summed E-state index contributed by atoms with van der Waals surface area (Å²) in [5, 5.41) is 6.64. The van der Waals surface area contributed by atoms with Crippen molar-refractivity contribution in [2.75, 3.05) is 13.7 Å². The Morgan fingerprint density at radius 2 is 2.17 bits per heavy atom. The molecule has 0 aliphatic carbocycles. The average Bonchev–Trinajstić information content (AvgIpc) is 2.93.